The van der Waals surface area contributed by atoms with Gasteiger partial charge in [0.25, 0.3) is 5.69 Å². The van der Waals surface area contributed by atoms with Gasteiger partial charge in [-0.3, -0.25) is 33.4 Å². The Morgan fingerprint density at radius 2 is 1.90 bits per heavy atom. The number of rotatable bonds is 8. The van der Waals surface area contributed by atoms with Gasteiger partial charge in [0, 0.05) is 18.5 Å². The molecule has 0 aliphatic heterocycles. The van der Waals surface area contributed by atoms with Crippen molar-refractivity contribution in [1.82, 2.24) is 19.1 Å². The highest BCUT2D eigenvalue weighted by Gasteiger charge is 2.28. The topological polar surface area (TPSA) is 151 Å². The van der Waals surface area contributed by atoms with E-state index in [0.717, 1.165) is 10.6 Å². The summed E-state index contributed by atoms with van der Waals surface area (Å²) < 4.78 is 25.9. The quantitative estimate of drug-likeness (QED) is 0.244. The van der Waals surface area contributed by atoms with Gasteiger partial charge in [0.1, 0.15) is 17.8 Å². The van der Waals surface area contributed by atoms with Gasteiger partial charge in [0.15, 0.2) is 0 Å². The van der Waals surface area contributed by atoms with Crippen LogP contribution < -0.4 is 11.1 Å². The minimum atomic E-state index is -3.75. The molecule has 0 amide bonds. The maximum atomic E-state index is 13.0. The minimum Gasteiger partial charge on any atom is -0.316 e. The van der Waals surface area contributed by atoms with E-state index in [1.807, 2.05) is 0 Å². The van der Waals surface area contributed by atoms with Crippen LogP contribution in [0.2, 0.25) is 0 Å². The van der Waals surface area contributed by atoms with Crippen LogP contribution in [0.1, 0.15) is 19.7 Å². The molecule has 160 valence electrons. The van der Waals surface area contributed by atoms with Crippen LogP contribution in [0.15, 0.2) is 34.1 Å². The number of nitro groups is 1. The summed E-state index contributed by atoms with van der Waals surface area (Å²) in [5.41, 5.74) is -2.00. The minimum absolute atomic E-state index is 0.0346. The van der Waals surface area contributed by atoms with Crippen molar-refractivity contribution < 1.29 is 18.5 Å². The van der Waals surface area contributed by atoms with Crippen molar-refractivity contribution in [3.8, 4) is 5.69 Å². The molecule has 2 aromatic heterocycles. The summed E-state index contributed by atoms with van der Waals surface area (Å²) >= 11 is 0. The summed E-state index contributed by atoms with van der Waals surface area (Å²) in [7, 11) is -3.75. The Hall–Kier alpha value is -3.08. The van der Waals surface area contributed by atoms with Crippen LogP contribution in [-0.4, -0.2) is 37.2 Å². The van der Waals surface area contributed by atoms with Gasteiger partial charge >= 0.3 is 18.7 Å². The van der Waals surface area contributed by atoms with E-state index in [1.165, 1.54) is 23.0 Å². The fraction of sp³-hybridized carbons (Fsp3) is 0.353. The third kappa shape index (κ3) is 3.97. The molecule has 0 spiro atoms. The second kappa shape index (κ2) is 8.34. The molecule has 0 atom stereocenters. The normalized spacial score (nSPS) is 11.8. The molecular formula is C17H20N5O7P. The van der Waals surface area contributed by atoms with Crippen LogP contribution in [-0.2, 0) is 19.9 Å². The standard InChI is InChI=1S/C17H20N5O7P/c1-4-28-30(27,29-5-2)10-21-13-9-14(20-7-6-18-11(20)3)15(22(25)26)8-12(13)19-16(23)17(21)24/h6-9H,4-5,10H2,1-3H3,(H,19,23). The summed E-state index contributed by atoms with van der Waals surface area (Å²) in [5, 5.41) is 11.6. The lowest BCUT2D eigenvalue weighted by Crippen LogP contribution is -2.36. The molecule has 0 aliphatic rings. The van der Waals surface area contributed by atoms with Gasteiger partial charge in [-0.2, -0.15) is 0 Å². The Balaban J connectivity index is 2.35. The molecule has 0 radical (unpaired) electrons. The second-order valence-electron chi connectivity index (χ2n) is 6.23. The van der Waals surface area contributed by atoms with Crippen LogP contribution in [0.3, 0.4) is 0 Å². The molecular weight excluding hydrogens is 417 g/mol. The van der Waals surface area contributed by atoms with Gasteiger partial charge in [-0.25, -0.2) is 4.98 Å². The van der Waals surface area contributed by atoms with Crippen molar-refractivity contribution in [2.45, 2.75) is 27.1 Å². The van der Waals surface area contributed by atoms with Crippen LogP contribution >= 0.6 is 7.60 Å². The number of hydrogen-bond acceptors (Lipinski definition) is 8. The Morgan fingerprint density at radius 1 is 1.23 bits per heavy atom. The summed E-state index contributed by atoms with van der Waals surface area (Å²) in [5.74, 6) is 0.477. The number of imidazole rings is 1. The third-order valence-electron chi connectivity index (χ3n) is 4.32. The molecule has 1 aromatic carbocycles. The summed E-state index contributed by atoms with van der Waals surface area (Å²) in [4.78, 5) is 42.2. The largest absolute Gasteiger partial charge is 0.350 e. The maximum absolute atomic E-state index is 13.0. The molecule has 0 bridgehead atoms. The van der Waals surface area contributed by atoms with E-state index in [2.05, 4.69) is 9.97 Å². The average molecular weight is 437 g/mol. The molecule has 30 heavy (non-hydrogen) atoms. The number of aryl methyl sites for hydroxylation is 1. The van der Waals surface area contributed by atoms with Crippen molar-refractivity contribution in [1.29, 1.82) is 0 Å². The molecule has 0 saturated heterocycles. The zero-order valence-corrected chi connectivity index (χ0v) is 17.4. The summed E-state index contributed by atoms with van der Waals surface area (Å²) in [6.07, 6.45) is 2.48. The lowest BCUT2D eigenvalue weighted by atomic mass is 10.2. The zero-order valence-electron chi connectivity index (χ0n) is 16.5. The predicted molar refractivity (Wildman–Crippen MR) is 108 cm³/mol. The molecule has 1 N–H and O–H groups in total. The third-order valence-corrected chi connectivity index (χ3v) is 6.25. The number of fused-ring (bicyclic) bond motifs is 1. The lowest BCUT2D eigenvalue weighted by Gasteiger charge is -2.19. The lowest BCUT2D eigenvalue weighted by molar-refractivity contribution is -0.384. The molecule has 3 rings (SSSR count). The van der Waals surface area contributed by atoms with E-state index < -0.39 is 29.9 Å². The van der Waals surface area contributed by atoms with Crippen LogP contribution in [0.4, 0.5) is 5.69 Å². The van der Waals surface area contributed by atoms with Gasteiger partial charge in [0.05, 0.1) is 29.2 Å². The second-order valence-corrected chi connectivity index (χ2v) is 8.26. The molecule has 13 heteroatoms. The summed E-state index contributed by atoms with van der Waals surface area (Å²) in [6.45, 7) is 5.03. The number of nitro benzene ring substituents is 1. The van der Waals surface area contributed by atoms with E-state index in [1.54, 1.807) is 20.8 Å². The highest BCUT2D eigenvalue weighted by Crippen LogP contribution is 2.49. The monoisotopic (exact) mass is 437 g/mol. The van der Waals surface area contributed by atoms with E-state index in [0.29, 0.717) is 5.82 Å². The molecule has 3 aromatic rings. The number of H-pyrrole nitrogens is 1. The van der Waals surface area contributed by atoms with E-state index in [9.17, 15) is 24.3 Å². The molecule has 0 unspecified atom stereocenters. The Bertz CT molecular complexity index is 1270. The van der Waals surface area contributed by atoms with Crippen LogP contribution in [0, 0.1) is 17.0 Å². The van der Waals surface area contributed by atoms with Crippen molar-refractivity contribution in [2.75, 3.05) is 13.2 Å². The fourth-order valence-corrected chi connectivity index (χ4v) is 4.75. The highest BCUT2D eigenvalue weighted by atomic mass is 31.2. The maximum Gasteiger partial charge on any atom is 0.350 e. The number of benzene rings is 1. The predicted octanol–water partition coefficient (Wildman–Crippen LogP) is 2.32. The van der Waals surface area contributed by atoms with Gasteiger partial charge in [-0.15, -0.1) is 0 Å². The Morgan fingerprint density at radius 3 is 2.43 bits per heavy atom. The van der Waals surface area contributed by atoms with Crippen LogP contribution in [0.5, 0.6) is 0 Å². The molecule has 0 saturated carbocycles. The van der Waals surface area contributed by atoms with Gasteiger partial charge in [0.2, 0.25) is 0 Å². The van der Waals surface area contributed by atoms with Gasteiger partial charge in [-0.05, 0) is 26.8 Å². The van der Waals surface area contributed by atoms with E-state index >= 15 is 0 Å². The van der Waals surface area contributed by atoms with Crippen molar-refractivity contribution in [3.63, 3.8) is 0 Å². The first-order valence-electron chi connectivity index (χ1n) is 9.04. The number of aromatic amines is 1. The first-order chi connectivity index (χ1) is 14.2. The average Bonchev–Trinajstić information content (AvgIpc) is 3.10. The van der Waals surface area contributed by atoms with E-state index in [-0.39, 0.29) is 35.6 Å². The number of nitrogens with one attached hydrogen (secondary N) is 1. The van der Waals surface area contributed by atoms with E-state index in [4.69, 9.17) is 9.05 Å². The number of aromatic nitrogens is 4. The summed E-state index contributed by atoms with van der Waals surface area (Å²) in [6, 6.07) is 2.51. The molecule has 0 aliphatic carbocycles. The first-order valence-corrected chi connectivity index (χ1v) is 10.8. The number of nitrogens with zero attached hydrogens (tertiary/aromatic N) is 4. The fourth-order valence-electron chi connectivity index (χ4n) is 3.09. The molecule has 0 fully saturated rings. The van der Waals surface area contributed by atoms with Crippen molar-refractivity contribution in [2.24, 2.45) is 0 Å². The van der Waals surface area contributed by atoms with Gasteiger partial charge in [-0.1, -0.05) is 0 Å². The zero-order chi connectivity index (χ0) is 22.1. The molecule has 2 heterocycles. The Labute approximate surface area is 169 Å². The van der Waals surface area contributed by atoms with Crippen LogP contribution in [0.25, 0.3) is 16.7 Å². The Kier molecular flexibility index (Phi) is 6.01. The number of hydrogen-bond donors (Lipinski definition) is 1. The van der Waals surface area contributed by atoms with Gasteiger partial charge < -0.3 is 14.0 Å². The van der Waals surface area contributed by atoms with Crippen molar-refractivity contribution >= 4 is 24.3 Å². The first kappa shape index (κ1) is 21.6. The smallest absolute Gasteiger partial charge is 0.316 e. The molecule has 12 nitrogen and oxygen atoms in total. The van der Waals surface area contributed by atoms with Crippen molar-refractivity contribution in [3.05, 3.63) is 61.2 Å². The SMILES string of the molecule is CCOP(=O)(Cn1c(=O)c(=O)[nH]c2cc([N+](=O)[O-])c(-n3ccnc3C)cc21)OCC. The highest BCUT2D eigenvalue weighted by molar-refractivity contribution is 7.52.